The zero-order valence-electron chi connectivity index (χ0n) is 43.4. The van der Waals surface area contributed by atoms with Crippen molar-refractivity contribution in [1.29, 1.82) is 0 Å². The van der Waals surface area contributed by atoms with Crippen molar-refractivity contribution in [2.45, 2.75) is 163 Å². The maximum Gasteiger partial charge on any atom is 0.345 e. The molecule has 30 heteroatoms. The van der Waals surface area contributed by atoms with Crippen molar-refractivity contribution in [3.63, 3.8) is 0 Å². The smallest absolute Gasteiger partial charge is 0.345 e. The lowest BCUT2D eigenvalue weighted by molar-refractivity contribution is 0.0499. The van der Waals surface area contributed by atoms with E-state index in [2.05, 4.69) is 0 Å². The number of carbonyl (C=O) groups excluding carboxylic acids is 3. The molecule has 9 rings (SSSR count). The predicted molar refractivity (Wildman–Crippen MR) is 259 cm³/mol. The molecule has 24 nitrogen and oxygen atoms in total. The van der Waals surface area contributed by atoms with E-state index >= 15 is 50.5 Å². The molecule has 0 aliphatic carbocycles. The van der Waals surface area contributed by atoms with E-state index < -0.39 is 230 Å². The normalized spacial score (nSPS) is 23.5. The van der Waals surface area contributed by atoms with Gasteiger partial charge in [0.15, 0.2) is 34.5 Å². The average Bonchev–Trinajstić information content (AvgIpc) is 3.85. The number of carbonyl (C=O) groups is 3. The van der Waals surface area contributed by atoms with E-state index in [9.17, 15) is 14.4 Å². The van der Waals surface area contributed by atoms with Crippen LogP contribution in [0, 0.1) is 5.92 Å². The van der Waals surface area contributed by atoms with Crippen molar-refractivity contribution in [1.82, 2.24) is 0 Å². The lowest BCUT2D eigenvalue weighted by atomic mass is 9.82. The molecule has 6 aliphatic heterocycles. The van der Waals surface area contributed by atoms with Gasteiger partial charge in [0.25, 0.3) is 0 Å². The first-order chi connectivity index (χ1) is 34.4. The fourth-order valence-electron chi connectivity index (χ4n) is 9.60. The van der Waals surface area contributed by atoms with Crippen LogP contribution in [0.5, 0.6) is 34.5 Å². The van der Waals surface area contributed by atoms with Crippen molar-refractivity contribution in [2.24, 2.45) is 0 Å². The fraction of sp³-hybridized carbons (Fsp3) is 0.522. The molecule has 3 aromatic rings. The highest BCUT2D eigenvalue weighted by Gasteiger charge is 2.67. The Labute approximate surface area is 438 Å². The third-order valence-corrected chi connectivity index (χ3v) is 27.6. The van der Waals surface area contributed by atoms with E-state index in [4.69, 9.17) is 42.6 Å². The summed E-state index contributed by atoms with van der Waals surface area (Å²) < 4.78 is 240. The highest BCUT2D eigenvalue weighted by molar-refractivity contribution is 7.95. The van der Waals surface area contributed by atoms with Gasteiger partial charge in [-0.2, -0.15) is 0 Å². The van der Waals surface area contributed by atoms with E-state index in [1.165, 1.54) is 20.8 Å². The summed E-state index contributed by atoms with van der Waals surface area (Å²) in [7, 11) is -33.1. The topological polar surface area (TPSA) is 339 Å². The van der Waals surface area contributed by atoms with Gasteiger partial charge in [0.2, 0.25) is 88.6 Å². The zero-order chi connectivity index (χ0) is 57.2. The summed E-state index contributed by atoms with van der Waals surface area (Å²) in [6.07, 6.45) is 0. The molecule has 0 unspecified atom stereocenters. The van der Waals surface area contributed by atoms with Crippen LogP contribution >= 0.6 is 0 Å². The van der Waals surface area contributed by atoms with Gasteiger partial charge in [-0.15, -0.1) is 0 Å². The average molecular weight is 1180 g/mol. The summed E-state index contributed by atoms with van der Waals surface area (Å²) in [4.78, 5) is 19.0. The third kappa shape index (κ3) is 6.49. The molecule has 0 aromatic heterocycles. The first-order valence-corrected chi connectivity index (χ1v) is 32.0. The lowest BCUT2D eigenvalue weighted by Gasteiger charge is -2.28. The van der Waals surface area contributed by atoms with E-state index in [0.717, 1.165) is 83.1 Å². The standard InChI is InChI=1S/C46H51O24S6/c1-16-62-38(47)23-26-32(71(50,51)41(4,5)65-26)20(33-27(23)66-42(6,7)72(33,52)53)19(21-34-28(67-43(8,9)73(34,54)55)24(39(48)63-17-2)29-35(21)74(56,57)44(10,11)68-29)22-36-30(69-45(12,13)75(36,58)59)25(40(49)64-18-3)31-37(22)76(60,61)46(14,15)70-31/h16-18H2,1-15H3. The molecule has 1 radical (unpaired) electrons. The number of fused-ring (bicyclic) bond motifs is 6. The second kappa shape index (κ2) is 15.7. The Morgan fingerprint density at radius 1 is 0.303 bits per heavy atom. The summed E-state index contributed by atoms with van der Waals surface area (Å²) in [5.74, 6) is -12.3. The number of sulfone groups is 6. The molecular formula is C46H51O24S6. The summed E-state index contributed by atoms with van der Waals surface area (Å²) in [6.45, 7) is 14.1. The van der Waals surface area contributed by atoms with Crippen LogP contribution < -0.4 is 28.4 Å². The molecule has 415 valence electrons. The number of ether oxygens (including phenoxy) is 9. The van der Waals surface area contributed by atoms with Crippen LogP contribution in [0.3, 0.4) is 0 Å². The van der Waals surface area contributed by atoms with Gasteiger partial charge < -0.3 is 42.6 Å². The largest absolute Gasteiger partial charge is 0.469 e. The molecule has 76 heavy (non-hydrogen) atoms. The summed E-state index contributed by atoms with van der Waals surface area (Å²) in [5.41, 5.74) is -7.30. The molecule has 6 heterocycles. The molecule has 6 aliphatic rings. The second-order valence-corrected chi connectivity index (χ2v) is 35.2. The van der Waals surface area contributed by atoms with Crippen molar-refractivity contribution < 1.29 is 108 Å². The number of esters is 3. The molecule has 0 bridgehead atoms. The van der Waals surface area contributed by atoms with Gasteiger partial charge in [-0.25, -0.2) is 64.9 Å². The van der Waals surface area contributed by atoms with Gasteiger partial charge >= 0.3 is 17.9 Å². The van der Waals surface area contributed by atoms with Crippen LogP contribution in [0.25, 0.3) is 0 Å². The maximum atomic E-state index is 15.7. The predicted octanol–water partition coefficient (Wildman–Crippen LogP) is 4.65. The molecule has 0 N–H and O–H groups in total. The van der Waals surface area contributed by atoms with Gasteiger partial charge in [-0.05, 0) is 104 Å². The lowest BCUT2D eigenvalue weighted by Crippen LogP contribution is -2.36. The van der Waals surface area contributed by atoms with Crippen molar-refractivity contribution >= 4 is 76.9 Å². The van der Waals surface area contributed by atoms with E-state index in [1.807, 2.05) is 0 Å². The first kappa shape index (κ1) is 55.3. The van der Waals surface area contributed by atoms with Crippen LogP contribution in [-0.2, 0) is 73.2 Å². The fourth-order valence-corrected chi connectivity index (χ4v) is 19.1. The molecule has 0 fully saturated rings. The van der Waals surface area contributed by atoms with Crippen molar-refractivity contribution in [3.8, 4) is 34.5 Å². The van der Waals surface area contributed by atoms with Crippen LogP contribution in [-0.4, -0.2) is 118 Å². The Balaban J connectivity index is 1.75. The Kier molecular flexibility index (Phi) is 11.4. The zero-order valence-corrected chi connectivity index (χ0v) is 48.3. The minimum atomic E-state index is -5.52. The minimum absolute atomic E-state index is 0.438. The molecule has 0 saturated carbocycles. The molecular weight excluding hydrogens is 1130 g/mol. The highest BCUT2D eigenvalue weighted by atomic mass is 32.2. The van der Waals surface area contributed by atoms with Crippen molar-refractivity contribution in [3.05, 3.63) is 39.3 Å². The van der Waals surface area contributed by atoms with Crippen LogP contribution in [0.15, 0.2) is 29.4 Å². The molecule has 0 saturated heterocycles. The Morgan fingerprint density at radius 3 is 0.579 bits per heavy atom. The number of rotatable bonds is 9. The Hall–Kier alpha value is -5.43. The summed E-state index contributed by atoms with van der Waals surface area (Å²) >= 11 is 0. The number of benzene rings is 3. The van der Waals surface area contributed by atoms with Gasteiger partial charge in [0.05, 0.1) is 25.7 Å². The first-order valence-electron chi connectivity index (χ1n) is 23.1. The van der Waals surface area contributed by atoms with Gasteiger partial charge in [-0.3, -0.25) is 0 Å². The number of hydrogen-bond donors (Lipinski definition) is 0. The van der Waals surface area contributed by atoms with Crippen LogP contribution in [0.1, 0.15) is 152 Å². The van der Waals surface area contributed by atoms with Gasteiger partial charge in [0, 0.05) is 16.7 Å². The van der Waals surface area contributed by atoms with E-state index in [-0.39, 0.29) is 0 Å². The summed E-state index contributed by atoms with van der Waals surface area (Å²) in [6, 6.07) is 0. The maximum absolute atomic E-state index is 15.7. The Morgan fingerprint density at radius 2 is 0.447 bits per heavy atom. The minimum Gasteiger partial charge on any atom is -0.469 e. The molecule has 0 atom stereocenters. The molecule has 0 spiro atoms. The quantitative estimate of drug-likeness (QED) is 0.160. The molecule has 0 amide bonds. The van der Waals surface area contributed by atoms with Crippen LogP contribution in [0.2, 0.25) is 0 Å². The second-order valence-electron chi connectivity index (χ2n) is 20.8. The number of hydrogen-bond acceptors (Lipinski definition) is 24. The van der Waals surface area contributed by atoms with Gasteiger partial charge in [-0.1, -0.05) is 0 Å². The summed E-state index contributed by atoms with van der Waals surface area (Å²) in [5, 5.41) is 0. The van der Waals surface area contributed by atoms with Crippen LogP contribution in [0.4, 0.5) is 0 Å². The third-order valence-electron chi connectivity index (χ3n) is 13.7. The van der Waals surface area contributed by atoms with Crippen molar-refractivity contribution in [2.75, 3.05) is 19.8 Å². The van der Waals surface area contributed by atoms with E-state index in [1.54, 1.807) is 0 Å². The SMILES string of the molecule is CCOC(=O)c1c2c(c([C](c3c4c(c(C(=O)OCC)c5c3S(=O)(=O)C(C)(C)O5)OC(C)(C)S4(=O)=O)c3c4c(c(C(=O)OCC)c5c3S(=O)(=O)C(C)(C)O5)OC(C)(C)S4(=O)=O)c3c1OC(C)(C)S3(=O)=O)S(=O)(=O)C(C)(C)O2. The monoisotopic (exact) mass is 1180 g/mol. The Bertz CT molecular complexity index is 3380. The van der Waals surface area contributed by atoms with E-state index in [0.29, 0.717) is 0 Å². The molecule has 3 aromatic carbocycles. The van der Waals surface area contributed by atoms with Gasteiger partial charge in [0.1, 0.15) is 46.1 Å². The highest BCUT2D eigenvalue weighted by Crippen LogP contribution is 2.68.